The second kappa shape index (κ2) is 7.38. The average Bonchev–Trinajstić information content (AvgIpc) is 2.81. The topological polar surface area (TPSA) is 17.8 Å². The molecule has 0 aliphatic heterocycles. The van der Waals surface area contributed by atoms with Gasteiger partial charge in [-0.3, -0.25) is 4.68 Å². The predicted molar refractivity (Wildman–Crippen MR) is 105 cm³/mol. The summed E-state index contributed by atoms with van der Waals surface area (Å²) in [6.07, 6.45) is 0. The molecule has 0 aliphatic carbocycles. The van der Waals surface area contributed by atoms with E-state index in [-0.39, 0.29) is 25.8 Å². The van der Waals surface area contributed by atoms with E-state index in [1.54, 1.807) is 0 Å². The molecule has 1 aromatic heterocycles. The number of aryl methyl sites for hydroxylation is 1. The summed E-state index contributed by atoms with van der Waals surface area (Å²) in [5.74, 6) is 0. The van der Waals surface area contributed by atoms with Crippen LogP contribution in [0.25, 0.3) is 11.1 Å². The van der Waals surface area contributed by atoms with Crippen LogP contribution in [-0.2, 0) is 25.8 Å². The molecule has 0 unspecified atom stereocenters. The number of benzene rings is 1. The van der Waals surface area contributed by atoms with Crippen LogP contribution in [0, 0.1) is 41.5 Å². The van der Waals surface area contributed by atoms with E-state index < -0.39 is 0 Å². The Hall–Kier alpha value is -0.908. The van der Waals surface area contributed by atoms with Crippen molar-refractivity contribution in [3.05, 3.63) is 39.2 Å². The van der Waals surface area contributed by atoms with Crippen molar-refractivity contribution in [2.24, 2.45) is 0 Å². The zero-order valence-corrected chi connectivity index (χ0v) is 19.3. The molecular formula is C22H34N2Pd. The van der Waals surface area contributed by atoms with E-state index in [2.05, 4.69) is 80.8 Å². The fraction of sp³-hybridized carbons (Fsp3) is 0.591. The van der Waals surface area contributed by atoms with Gasteiger partial charge >= 0.3 is 0 Å². The van der Waals surface area contributed by atoms with E-state index in [0.717, 1.165) is 5.69 Å². The van der Waals surface area contributed by atoms with Gasteiger partial charge in [-0.25, -0.2) is 0 Å². The third-order valence-corrected chi connectivity index (χ3v) is 5.53. The smallest absolute Gasteiger partial charge is 0.0675 e. The largest absolute Gasteiger partial charge is 0.266 e. The molecule has 142 valence electrons. The van der Waals surface area contributed by atoms with Crippen molar-refractivity contribution in [2.45, 2.75) is 87.6 Å². The molecule has 0 amide bonds. The van der Waals surface area contributed by atoms with Crippen LogP contribution in [0.1, 0.15) is 79.9 Å². The van der Waals surface area contributed by atoms with Crippen molar-refractivity contribution in [1.29, 1.82) is 0 Å². The molecule has 0 aliphatic rings. The maximum absolute atomic E-state index is 4.93. The van der Waals surface area contributed by atoms with Gasteiger partial charge in [0.15, 0.2) is 0 Å². The van der Waals surface area contributed by atoms with Crippen LogP contribution in [0.2, 0.25) is 0 Å². The molecule has 0 saturated carbocycles. The van der Waals surface area contributed by atoms with Crippen LogP contribution < -0.4 is 0 Å². The van der Waals surface area contributed by atoms with Crippen LogP contribution in [0.5, 0.6) is 0 Å². The van der Waals surface area contributed by atoms with Crippen molar-refractivity contribution >= 4 is 0 Å². The van der Waals surface area contributed by atoms with Gasteiger partial charge in [-0.1, -0.05) is 20.8 Å². The van der Waals surface area contributed by atoms with Gasteiger partial charge in [-0.05, 0) is 88.8 Å². The molecule has 0 radical (unpaired) electrons. The summed E-state index contributed by atoms with van der Waals surface area (Å²) >= 11 is 0. The van der Waals surface area contributed by atoms with Crippen LogP contribution in [0.4, 0.5) is 0 Å². The van der Waals surface area contributed by atoms with Gasteiger partial charge in [0.25, 0.3) is 0 Å². The van der Waals surface area contributed by atoms with E-state index >= 15 is 0 Å². The molecule has 0 bridgehead atoms. The molecule has 1 heterocycles. The molecule has 2 nitrogen and oxygen atoms in total. The first-order valence-corrected chi connectivity index (χ1v) is 9.06. The second-order valence-corrected chi connectivity index (χ2v) is 8.60. The summed E-state index contributed by atoms with van der Waals surface area (Å²) in [5.41, 5.74) is 12.3. The first-order valence-electron chi connectivity index (χ1n) is 9.06. The van der Waals surface area contributed by atoms with E-state index in [9.17, 15) is 0 Å². The molecule has 0 spiro atoms. The molecule has 25 heavy (non-hydrogen) atoms. The maximum Gasteiger partial charge on any atom is 0.0675 e. The third kappa shape index (κ3) is 3.64. The molecule has 1 aromatic carbocycles. The number of nitrogens with zero attached hydrogens (tertiary/aromatic N) is 2. The zero-order chi connectivity index (χ0) is 18.6. The molecular weight excluding hydrogens is 399 g/mol. The van der Waals surface area contributed by atoms with Gasteiger partial charge in [0, 0.05) is 37.4 Å². The molecule has 2 rings (SSSR count). The summed E-state index contributed by atoms with van der Waals surface area (Å²) in [4.78, 5) is 0. The Bertz CT molecular complexity index is 761. The molecule has 2 aromatic rings. The Labute approximate surface area is 168 Å². The van der Waals surface area contributed by atoms with Crippen molar-refractivity contribution in [2.75, 3.05) is 0 Å². The Balaban J connectivity index is 0.00000312. The quantitative estimate of drug-likeness (QED) is 0.511. The number of hydrogen-bond donors (Lipinski definition) is 0. The molecule has 0 fully saturated rings. The fourth-order valence-electron chi connectivity index (χ4n) is 3.81. The van der Waals surface area contributed by atoms with Crippen molar-refractivity contribution in [1.82, 2.24) is 9.78 Å². The zero-order valence-electron chi connectivity index (χ0n) is 17.8. The van der Waals surface area contributed by atoms with Crippen LogP contribution >= 0.6 is 0 Å². The first kappa shape index (κ1) is 22.1. The van der Waals surface area contributed by atoms with Crippen LogP contribution in [0.15, 0.2) is 0 Å². The average molecular weight is 433 g/mol. The van der Waals surface area contributed by atoms with E-state index in [1.165, 1.54) is 44.6 Å². The molecule has 3 heteroatoms. The van der Waals surface area contributed by atoms with E-state index in [1.807, 2.05) is 0 Å². The van der Waals surface area contributed by atoms with Gasteiger partial charge in [0.2, 0.25) is 0 Å². The standard InChI is InChI=1S/C22H34N2.Pd/c1-12(2)24-21(22(9,10)11)20(18(8)23-24)19-16(6)14(4)13(3)15(5)17(19)7;/h12H,1-11H3;. The molecule has 0 atom stereocenters. The van der Waals surface area contributed by atoms with E-state index in [4.69, 9.17) is 5.10 Å². The van der Waals surface area contributed by atoms with Gasteiger partial charge in [-0.15, -0.1) is 0 Å². The minimum Gasteiger partial charge on any atom is -0.266 e. The third-order valence-electron chi connectivity index (χ3n) is 5.53. The van der Waals surface area contributed by atoms with Crippen LogP contribution in [0.3, 0.4) is 0 Å². The Morgan fingerprint density at radius 1 is 0.720 bits per heavy atom. The minimum absolute atomic E-state index is 0. The van der Waals surface area contributed by atoms with Gasteiger partial charge in [0.05, 0.1) is 11.4 Å². The first-order chi connectivity index (χ1) is 10.9. The summed E-state index contributed by atoms with van der Waals surface area (Å²) in [6.45, 7) is 24.8. The second-order valence-electron chi connectivity index (χ2n) is 8.60. The molecule has 0 N–H and O–H groups in total. The Kier molecular flexibility index (Phi) is 6.53. The number of hydrogen-bond acceptors (Lipinski definition) is 1. The predicted octanol–water partition coefficient (Wildman–Crippen LogP) is 6.28. The van der Waals surface area contributed by atoms with Crippen LogP contribution in [-0.4, -0.2) is 9.78 Å². The van der Waals surface area contributed by atoms with Crippen molar-refractivity contribution in [3.8, 4) is 11.1 Å². The monoisotopic (exact) mass is 432 g/mol. The van der Waals surface area contributed by atoms with Gasteiger partial charge < -0.3 is 0 Å². The van der Waals surface area contributed by atoms with Crippen molar-refractivity contribution in [3.63, 3.8) is 0 Å². The summed E-state index contributed by atoms with van der Waals surface area (Å²) in [6, 6.07) is 0.361. The molecule has 0 saturated heterocycles. The fourth-order valence-corrected chi connectivity index (χ4v) is 3.81. The number of aromatic nitrogens is 2. The number of rotatable bonds is 2. The van der Waals surface area contributed by atoms with Crippen molar-refractivity contribution < 1.29 is 20.4 Å². The maximum atomic E-state index is 4.93. The van der Waals surface area contributed by atoms with Gasteiger partial charge in [-0.2, -0.15) is 5.10 Å². The SMILES string of the molecule is Cc1nn(C(C)C)c(C(C)(C)C)c1-c1c(C)c(C)c(C)c(C)c1C.[Pd]. The summed E-state index contributed by atoms with van der Waals surface area (Å²) in [7, 11) is 0. The normalized spacial score (nSPS) is 11.8. The minimum atomic E-state index is 0. The van der Waals surface area contributed by atoms with Gasteiger partial charge in [0.1, 0.15) is 0 Å². The summed E-state index contributed by atoms with van der Waals surface area (Å²) < 4.78 is 2.23. The van der Waals surface area contributed by atoms with E-state index in [0.29, 0.717) is 6.04 Å². The summed E-state index contributed by atoms with van der Waals surface area (Å²) in [5, 5.41) is 4.93. The Morgan fingerprint density at radius 2 is 1.12 bits per heavy atom. The Morgan fingerprint density at radius 3 is 1.48 bits per heavy atom.